The molecule has 1 heterocycles. The van der Waals surface area contributed by atoms with Crippen LogP contribution in [0.4, 0.5) is 22.6 Å². The van der Waals surface area contributed by atoms with E-state index in [0.29, 0.717) is 56.4 Å². The average Bonchev–Trinajstić information content (AvgIpc) is 2.88. The van der Waals surface area contributed by atoms with Crippen LogP contribution < -0.4 is 20.3 Å². The molecule has 2 aromatic rings. The van der Waals surface area contributed by atoms with Gasteiger partial charge in [0.15, 0.2) is 0 Å². The van der Waals surface area contributed by atoms with E-state index < -0.39 is 18.1 Å². The minimum absolute atomic E-state index is 0.130. The number of aliphatic carboxylic acids is 1. The van der Waals surface area contributed by atoms with Crippen molar-refractivity contribution in [3.8, 4) is 5.75 Å². The van der Waals surface area contributed by atoms with Crippen LogP contribution in [0.5, 0.6) is 5.75 Å². The predicted molar refractivity (Wildman–Crippen MR) is 144 cm³/mol. The third-order valence-corrected chi connectivity index (χ3v) is 5.24. The Morgan fingerprint density at radius 1 is 0.974 bits per heavy atom. The number of carboxylic acid groups (broad SMARTS) is 1. The summed E-state index contributed by atoms with van der Waals surface area (Å²) < 4.78 is 15.7. The maximum absolute atomic E-state index is 12.1. The first-order valence-electron chi connectivity index (χ1n) is 12.3. The molecule has 0 spiro atoms. The molecule has 1 aromatic carbocycles. The Morgan fingerprint density at radius 3 is 2.11 bits per heavy atom. The van der Waals surface area contributed by atoms with Gasteiger partial charge in [0.2, 0.25) is 17.8 Å². The summed E-state index contributed by atoms with van der Waals surface area (Å²) in [4.78, 5) is 40.6. The summed E-state index contributed by atoms with van der Waals surface area (Å²) >= 11 is 0. The van der Waals surface area contributed by atoms with Crippen molar-refractivity contribution in [3.63, 3.8) is 0 Å². The summed E-state index contributed by atoms with van der Waals surface area (Å²) in [5.74, 6) is 0.479. The highest BCUT2D eigenvalue weighted by molar-refractivity contribution is 5.77. The quantitative estimate of drug-likeness (QED) is 0.290. The number of carbonyl (C=O) groups excluding carboxylic acids is 1. The molecular weight excluding hydrogens is 494 g/mol. The Morgan fingerprint density at radius 2 is 1.58 bits per heavy atom. The number of ether oxygens (including phenoxy) is 3. The zero-order valence-electron chi connectivity index (χ0n) is 22.9. The van der Waals surface area contributed by atoms with Crippen LogP contribution in [0.2, 0.25) is 0 Å². The average molecular weight is 534 g/mol. The normalized spacial score (nSPS) is 11.7. The molecule has 0 saturated heterocycles. The molecule has 0 aliphatic heterocycles. The lowest BCUT2D eigenvalue weighted by Gasteiger charge is -2.23. The van der Waals surface area contributed by atoms with E-state index in [-0.39, 0.29) is 12.4 Å². The minimum atomic E-state index is -1.07. The number of methoxy groups -OCH3 is 2. The number of hydrogen-bond donors (Lipinski definition) is 3. The van der Waals surface area contributed by atoms with E-state index in [2.05, 4.69) is 39.4 Å². The first-order chi connectivity index (χ1) is 18.1. The molecule has 2 rings (SSSR count). The lowest BCUT2D eigenvalue weighted by atomic mass is 10.1. The Bertz CT molecular complexity index is 1010. The van der Waals surface area contributed by atoms with Gasteiger partial charge >= 0.3 is 12.1 Å². The Kier molecular flexibility index (Phi) is 12.5. The molecule has 1 amide bonds. The van der Waals surface area contributed by atoms with Crippen LogP contribution >= 0.6 is 0 Å². The summed E-state index contributed by atoms with van der Waals surface area (Å²) in [6, 6.07) is 5.63. The molecule has 13 nitrogen and oxygen atoms in total. The molecule has 0 radical (unpaired) electrons. The Balaban J connectivity index is 2.27. The summed E-state index contributed by atoms with van der Waals surface area (Å²) in [7, 11) is 6.40. The van der Waals surface area contributed by atoms with Crippen LogP contribution in [0.3, 0.4) is 0 Å². The second-order valence-electron chi connectivity index (χ2n) is 9.18. The van der Waals surface area contributed by atoms with Crippen molar-refractivity contribution in [1.29, 1.82) is 0 Å². The van der Waals surface area contributed by atoms with Gasteiger partial charge in [-0.1, -0.05) is 26.0 Å². The molecule has 210 valence electrons. The van der Waals surface area contributed by atoms with Crippen molar-refractivity contribution >= 4 is 29.9 Å². The van der Waals surface area contributed by atoms with Gasteiger partial charge in [-0.05, 0) is 23.6 Å². The summed E-state index contributed by atoms with van der Waals surface area (Å²) in [5.41, 5.74) is 0.726. The Labute approximate surface area is 223 Å². The van der Waals surface area contributed by atoms with Crippen LogP contribution in [0, 0.1) is 5.92 Å². The van der Waals surface area contributed by atoms with Gasteiger partial charge in [-0.25, -0.2) is 9.59 Å². The second-order valence-corrected chi connectivity index (χ2v) is 9.18. The van der Waals surface area contributed by atoms with Gasteiger partial charge in [-0.3, -0.25) is 0 Å². The SMILES string of the molecule is COCCN(CCOC)c1nc(NCC(C)C)nc(N[C@@H](Cc2ccc(OC(=O)N(C)C)cc2)C(=O)O)n1. The number of amides is 1. The summed E-state index contributed by atoms with van der Waals surface area (Å²) in [6.07, 6.45) is -0.357. The van der Waals surface area contributed by atoms with Crippen molar-refractivity contribution in [2.24, 2.45) is 5.92 Å². The first-order valence-corrected chi connectivity index (χ1v) is 12.3. The number of nitrogens with zero attached hydrogens (tertiary/aromatic N) is 5. The number of carboxylic acids is 1. The Hall–Kier alpha value is -3.71. The molecule has 0 bridgehead atoms. The van der Waals surface area contributed by atoms with Crippen molar-refractivity contribution < 1.29 is 28.9 Å². The molecule has 38 heavy (non-hydrogen) atoms. The zero-order valence-corrected chi connectivity index (χ0v) is 22.9. The van der Waals surface area contributed by atoms with E-state index in [1.807, 2.05) is 4.90 Å². The van der Waals surface area contributed by atoms with Crippen molar-refractivity contribution in [2.45, 2.75) is 26.3 Å². The van der Waals surface area contributed by atoms with Gasteiger partial charge in [-0.2, -0.15) is 15.0 Å². The number of rotatable bonds is 16. The van der Waals surface area contributed by atoms with E-state index in [1.54, 1.807) is 52.6 Å². The molecule has 0 aliphatic rings. The zero-order chi connectivity index (χ0) is 28.1. The van der Waals surface area contributed by atoms with E-state index >= 15 is 0 Å². The van der Waals surface area contributed by atoms with Gasteiger partial charge < -0.3 is 39.8 Å². The van der Waals surface area contributed by atoms with Crippen molar-refractivity contribution in [1.82, 2.24) is 19.9 Å². The van der Waals surface area contributed by atoms with Crippen LogP contribution in [-0.4, -0.2) is 104 Å². The van der Waals surface area contributed by atoms with Crippen molar-refractivity contribution in [3.05, 3.63) is 29.8 Å². The summed E-state index contributed by atoms with van der Waals surface area (Å²) in [6.45, 7) is 6.68. The maximum atomic E-state index is 12.1. The largest absolute Gasteiger partial charge is 0.480 e. The molecule has 0 aliphatic carbocycles. The maximum Gasteiger partial charge on any atom is 0.414 e. The van der Waals surface area contributed by atoms with E-state index in [4.69, 9.17) is 14.2 Å². The second kappa shape index (κ2) is 15.5. The van der Waals surface area contributed by atoms with Gasteiger partial charge in [-0.15, -0.1) is 0 Å². The highest BCUT2D eigenvalue weighted by Gasteiger charge is 2.22. The van der Waals surface area contributed by atoms with Crippen LogP contribution in [0.15, 0.2) is 24.3 Å². The number of benzene rings is 1. The monoisotopic (exact) mass is 533 g/mol. The minimum Gasteiger partial charge on any atom is -0.480 e. The number of anilines is 3. The van der Waals surface area contributed by atoms with Crippen LogP contribution in [0.25, 0.3) is 0 Å². The van der Waals surface area contributed by atoms with E-state index in [0.717, 1.165) is 5.56 Å². The van der Waals surface area contributed by atoms with Gasteiger partial charge in [0.25, 0.3) is 0 Å². The van der Waals surface area contributed by atoms with Crippen molar-refractivity contribution in [2.75, 3.05) is 76.7 Å². The fourth-order valence-electron chi connectivity index (χ4n) is 3.14. The van der Waals surface area contributed by atoms with E-state index in [1.165, 1.54) is 4.90 Å². The molecule has 1 aromatic heterocycles. The van der Waals surface area contributed by atoms with Gasteiger partial charge in [0.05, 0.1) is 13.2 Å². The lowest BCUT2D eigenvalue weighted by Crippen LogP contribution is -2.35. The number of hydrogen-bond acceptors (Lipinski definition) is 11. The molecule has 0 saturated carbocycles. The lowest BCUT2D eigenvalue weighted by molar-refractivity contribution is -0.137. The number of carbonyl (C=O) groups is 2. The molecule has 0 fully saturated rings. The molecule has 3 N–H and O–H groups in total. The summed E-state index contributed by atoms with van der Waals surface area (Å²) in [5, 5.41) is 16.1. The smallest absolute Gasteiger partial charge is 0.414 e. The van der Waals surface area contributed by atoms with E-state index in [9.17, 15) is 14.7 Å². The van der Waals surface area contributed by atoms with Gasteiger partial charge in [0.1, 0.15) is 11.8 Å². The fraction of sp³-hybridized carbons (Fsp3) is 0.560. The highest BCUT2D eigenvalue weighted by atomic mass is 16.6. The third-order valence-electron chi connectivity index (χ3n) is 5.24. The molecule has 0 unspecified atom stereocenters. The molecule has 13 heteroatoms. The number of nitrogens with one attached hydrogen (secondary N) is 2. The van der Waals surface area contributed by atoms with Gasteiger partial charge in [0, 0.05) is 54.4 Å². The number of aromatic nitrogens is 3. The molecular formula is C25H39N7O6. The van der Waals surface area contributed by atoms with Crippen LogP contribution in [0.1, 0.15) is 19.4 Å². The first kappa shape index (κ1) is 30.5. The highest BCUT2D eigenvalue weighted by Crippen LogP contribution is 2.18. The standard InChI is InChI=1S/C25H39N7O6/c1-17(2)16-26-22-28-23(30-24(29-22)32(11-13-36-5)12-14-37-6)27-20(21(33)34)15-18-7-9-19(10-8-18)38-25(35)31(3)4/h7-10,17,20H,11-16H2,1-6H3,(H,33,34)(H2,26,27,28,29,30)/t20-/m0/s1. The fourth-order valence-corrected chi connectivity index (χ4v) is 3.14. The predicted octanol–water partition coefficient (Wildman–Crippen LogP) is 2.21. The topological polar surface area (TPSA) is 151 Å². The molecule has 1 atom stereocenters. The third kappa shape index (κ3) is 10.3. The van der Waals surface area contributed by atoms with Crippen LogP contribution in [-0.2, 0) is 20.7 Å².